The molecule has 0 fully saturated rings. The summed E-state index contributed by atoms with van der Waals surface area (Å²) in [5, 5.41) is 0.695. The lowest BCUT2D eigenvalue weighted by atomic mass is 9.93. The Morgan fingerprint density at radius 3 is 2.53 bits per heavy atom. The highest BCUT2D eigenvalue weighted by Gasteiger charge is 2.12. The SMILES string of the molecule is CC(N)c1cc(Cl)ccc1OCCC(C)(C)C. The van der Waals surface area contributed by atoms with Gasteiger partial charge in [0.2, 0.25) is 0 Å². The zero-order valence-electron chi connectivity index (χ0n) is 11.1. The molecule has 0 saturated heterocycles. The van der Waals surface area contributed by atoms with Gasteiger partial charge in [-0.2, -0.15) is 0 Å². The standard InChI is InChI=1S/C14H22ClNO/c1-10(16)12-9-11(15)5-6-13(12)17-8-7-14(2,3)4/h5-6,9-10H,7-8,16H2,1-4H3. The number of halogens is 1. The molecule has 0 aliphatic rings. The monoisotopic (exact) mass is 255 g/mol. The Morgan fingerprint density at radius 1 is 1.35 bits per heavy atom. The minimum absolute atomic E-state index is 0.0710. The van der Waals surface area contributed by atoms with Gasteiger partial charge in [-0.3, -0.25) is 0 Å². The second kappa shape index (κ2) is 5.74. The predicted octanol–water partition coefficient (Wildman–Crippen LogP) is 4.17. The molecule has 0 spiro atoms. The molecule has 0 radical (unpaired) electrons. The molecule has 1 rings (SSSR count). The molecule has 0 aromatic heterocycles. The predicted molar refractivity (Wildman–Crippen MR) is 73.6 cm³/mol. The fourth-order valence-corrected chi connectivity index (χ4v) is 1.65. The van der Waals surface area contributed by atoms with E-state index in [0.717, 1.165) is 17.7 Å². The lowest BCUT2D eigenvalue weighted by Gasteiger charge is -2.20. The highest BCUT2D eigenvalue weighted by Crippen LogP contribution is 2.28. The maximum atomic E-state index is 5.96. The third-order valence-corrected chi connectivity index (χ3v) is 2.81. The van der Waals surface area contributed by atoms with E-state index in [1.165, 1.54) is 0 Å². The first-order chi connectivity index (χ1) is 7.79. The summed E-state index contributed by atoms with van der Waals surface area (Å²) in [6, 6.07) is 5.53. The maximum Gasteiger partial charge on any atom is 0.124 e. The van der Waals surface area contributed by atoms with Gasteiger partial charge < -0.3 is 10.5 Å². The van der Waals surface area contributed by atoms with E-state index < -0.39 is 0 Å². The Morgan fingerprint density at radius 2 is 2.00 bits per heavy atom. The summed E-state index contributed by atoms with van der Waals surface area (Å²) in [5.74, 6) is 0.841. The number of nitrogens with two attached hydrogens (primary N) is 1. The maximum absolute atomic E-state index is 5.96. The average molecular weight is 256 g/mol. The summed E-state index contributed by atoms with van der Waals surface area (Å²) in [5.41, 5.74) is 7.15. The molecule has 0 aliphatic heterocycles. The summed E-state index contributed by atoms with van der Waals surface area (Å²) >= 11 is 5.96. The Balaban J connectivity index is 2.70. The molecule has 17 heavy (non-hydrogen) atoms. The molecule has 0 bridgehead atoms. The van der Waals surface area contributed by atoms with Crippen LogP contribution >= 0.6 is 11.6 Å². The minimum Gasteiger partial charge on any atom is -0.493 e. The van der Waals surface area contributed by atoms with Gasteiger partial charge in [0.15, 0.2) is 0 Å². The van der Waals surface area contributed by atoms with Gasteiger partial charge in [0.1, 0.15) is 5.75 Å². The molecule has 0 saturated carbocycles. The van der Waals surface area contributed by atoms with Crippen LogP contribution in [-0.4, -0.2) is 6.61 Å². The lowest BCUT2D eigenvalue weighted by Crippen LogP contribution is -2.13. The highest BCUT2D eigenvalue weighted by atomic mass is 35.5. The first-order valence-corrected chi connectivity index (χ1v) is 6.35. The van der Waals surface area contributed by atoms with Crippen LogP contribution in [-0.2, 0) is 0 Å². The average Bonchev–Trinajstić information content (AvgIpc) is 2.18. The first kappa shape index (κ1) is 14.3. The number of benzene rings is 1. The van der Waals surface area contributed by atoms with Gasteiger partial charge in [-0.15, -0.1) is 0 Å². The molecular formula is C14H22ClNO. The summed E-state index contributed by atoms with van der Waals surface area (Å²) in [6.45, 7) is 9.23. The third kappa shape index (κ3) is 4.97. The Kier molecular flexibility index (Phi) is 4.84. The van der Waals surface area contributed by atoms with Crippen LogP contribution in [0.2, 0.25) is 5.02 Å². The topological polar surface area (TPSA) is 35.2 Å². The molecule has 0 heterocycles. The van der Waals surface area contributed by atoms with Crippen LogP contribution in [0.5, 0.6) is 5.75 Å². The molecule has 1 aromatic rings. The Bertz CT molecular complexity index is 369. The summed E-state index contributed by atoms with van der Waals surface area (Å²) in [4.78, 5) is 0. The Hall–Kier alpha value is -0.730. The van der Waals surface area contributed by atoms with Crippen molar-refractivity contribution in [3.8, 4) is 5.75 Å². The molecule has 1 unspecified atom stereocenters. The Labute approximate surface area is 109 Å². The molecule has 2 N–H and O–H groups in total. The first-order valence-electron chi connectivity index (χ1n) is 5.97. The second-order valence-electron chi connectivity index (χ2n) is 5.63. The minimum atomic E-state index is -0.0710. The van der Waals surface area contributed by atoms with Crippen molar-refractivity contribution in [1.82, 2.24) is 0 Å². The summed E-state index contributed by atoms with van der Waals surface area (Å²) in [6.07, 6.45) is 1.01. The van der Waals surface area contributed by atoms with E-state index in [9.17, 15) is 0 Å². The lowest BCUT2D eigenvalue weighted by molar-refractivity contribution is 0.241. The van der Waals surface area contributed by atoms with Crippen molar-refractivity contribution in [2.45, 2.75) is 40.2 Å². The zero-order valence-corrected chi connectivity index (χ0v) is 11.8. The van der Waals surface area contributed by atoms with E-state index in [-0.39, 0.29) is 11.5 Å². The van der Waals surface area contributed by atoms with Gasteiger partial charge >= 0.3 is 0 Å². The van der Waals surface area contributed by atoms with Crippen LogP contribution in [0.25, 0.3) is 0 Å². The van der Waals surface area contributed by atoms with E-state index in [0.29, 0.717) is 11.6 Å². The summed E-state index contributed by atoms with van der Waals surface area (Å²) < 4.78 is 5.79. The molecule has 1 aromatic carbocycles. The largest absolute Gasteiger partial charge is 0.493 e. The van der Waals surface area contributed by atoms with E-state index in [4.69, 9.17) is 22.1 Å². The van der Waals surface area contributed by atoms with Crippen molar-refractivity contribution in [3.05, 3.63) is 28.8 Å². The normalized spacial score (nSPS) is 13.5. The zero-order chi connectivity index (χ0) is 13.1. The number of hydrogen-bond donors (Lipinski definition) is 1. The van der Waals surface area contributed by atoms with Gasteiger partial charge in [-0.25, -0.2) is 0 Å². The van der Waals surface area contributed by atoms with E-state index in [1.807, 2.05) is 25.1 Å². The van der Waals surface area contributed by atoms with Crippen LogP contribution < -0.4 is 10.5 Å². The summed E-state index contributed by atoms with van der Waals surface area (Å²) in [7, 11) is 0. The van der Waals surface area contributed by atoms with Gasteiger partial charge in [-0.1, -0.05) is 32.4 Å². The number of ether oxygens (including phenoxy) is 1. The van der Waals surface area contributed by atoms with Crippen molar-refractivity contribution in [2.75, 3.05) is 6.61 Å². The van der Waals surface area contributed by atoms with E-state index in [2.05, 4.69) is 20.8 Å². The van der Waals surface area contributed by atoms with Crippen LogP contribution in [0.1, 0.15) is 45.7 Å². The smallest absolute Gasteiger partial charge is 0.124 e. The highest BCUT2D eigenvalue weighted by molar-refractivity contribution is 6.30. The van der Waals surface area contributed by atoms with Crippen molar-refractivity contribution in [2.24, 2.45) is 11.1 Å². The van der Waals surface area contributed by atoms with Gasteiger partial charge in [-0.05, 0) is 37.0 Å². The molecule has 96 valence electrons. The fourth-order valence-electron chi connectivity index (χ4n) is 1.47. The van der Waals surface area contributed by atoms with E-state index in [1.54, 1.807) is 0 Å². The van der Waals surface area contributed by atoms with Crippen molar-refractivity contribution in [1.29, 1.82) is 0 Å². The molecule has 3 heteroatoms. The molecule has 2 nitrogen and oxygen atoms in total. The number of hydrogen-bond acceptors (Lipinski definition) is 2. The van der Waals surface area contributed by atoms with Crippen LogP contribution in [0.15, 0.2) is 18.2 Å². The van der Waals surface area contributed by atoms with Crippen LogP contribution in [0.3, 0.4) is 0 Å². The van der Waals surface area contributed by atoms with Gasteiger partial charge in [0.05, 0.1) is 6.61 Å². The van der Waals surface area contributed by atoms with Crippen LogP contribution in [0.4, 0.5) is 0 Å². The van der Waals surface area contributed by atoms with Crippen molar-refractivity contribution in [3.63, 3.8) is 0 Å². The molecular weight excluding hydrogens is 234 g/mol. The van der Waals surface area contributed by atoms with Gasteiger partial charge in [0.25, 0.3) is 0 Å². The molecule has 0 aliphatic carbocycles. The second-order valence-corrected chi connectivity index (χ2v) is 6.07. The van der Waals surface area contributed by atoms with Crippen molar-refractivity contribution < 1.29 is 4.74 Å². The number of rotatable bonds is 4. The van der Waals surface area contributed by atoms with Crippen LogP contribution in [0, 0.1) is 5.41 Å². The van der Waals surface area contributed by atoms with Gasteiger partial charge in [0, 0.05) is 16.6 Å². The third-order valence-electron chi connectivity index (χ3n) is 2.57. The molecule has 0 amide bonds. The fraction of sp³-hybridized carbons (Fsp3) is 0.571. The van der Waals surface area contributed by atoms with E-state index >= 15 is 0 Å². The van der Waals surface area contributed by atoms with Crippen molar-refractivity contribution >= 4 is 11.6 Å². The quantitative estimate of drug-likeness (QED) is 0.876. The molecule has 1 atom stereocenters.